The van der Waals surface area contributed by atoms with E-state index in [1.165, 1.54) is 28.0 Å². The first-order valence-electron chi connectivity index (χ1n) is 7.91. The molecule has 1 N–H and O–H groups in total. The number of halogens is 4. The van der Waals surface area contributed by atoms with E-state index in [0.717, 1.165) is 23.4 Å². The fourth-order valence-electron chi connectivity index (χ4n) is 2.65. The van der Waals surface area contributed by atoms with Crippen molar-refractivity contribution in [2.24, 2.45) is 0 Å². The number of nitrogens with one attached hydrogen (secondary N) is 1. The molecule has 0 aliphatic carbocycles. The maximum atomic E-state index is 13.1. The SMILES string of the molecule is O=C(Nc1nc2scc(-c3ccc(Cl)cc3)n2n1)c1ccccc1C(F)(F)F. The minimum atomic E-state index is -4.64. The Hall–Kier alpha value is -2.91. The molecule has 5 nitrogen and oxygen atoms in total. The highest BCUT2D eigenvalue weighted by Gasteiger charge is 2.35. The van der Waals surface area contributed by atoms with Crippen molar-refractivity contribution in [1.29, 1.82) is 0 Å². The van der Waals surface area contributed by atoms with Gasteiger partial charge in [-0.2, -0.15) is 18.2 Å². The van der Waals surface area contributed by atoms with E-state index in [9.17, 15) is 18.0 Å². The Morgan fingerprint density at radius 1 is 1.11 bits per heavy atom. The van der Waals surface area contributed by atoms with Crippen molar-refractivity contribution >= 4 is 39.8 Å². The van der Waals surface area contributed by atoms with Crippen LogP contribution >= 0.6 is 22.9 Å². The van der Waals surface area contributed by atoms with Gasteiger partial charge in [-0.3, -0.25) is 10.1 Å². The number of hydrogen-bond acceptors (Lipinski definition) is 4. The fourth-order valence-corrected chi connectivity index (χ4v) is 3.61. The number of thiazole rings is 1. The maximum Gasteiger partial charge on any atom is 0.417 e. The van der Waals surface area contributed by atoms with Crippen LogP contribution in [-0.4, -0.2) is 20.5 Å². The third kappa shape index (κ3) is 3.46. The van der Waals surface area contributed by atoms with Gasteiger partial charge >= 0.3 is 6.18 Å². The summed E-state index contributed by atoms with van der Waals surface area (Å²) in [6.45, 7) is 0. The number of anilines is 1. The van der Waals surface area contributed by atoms with Gasteiger partial charge in [0.1, 0.15) is 0 Å². The van der Waals surface area contributed by atoms with Gasteiger partial charge < -0.3 is 0 Å². The standard InChI is InChI=1S/C18H10ClF3N4OS/c19-11-7-5-10(6-8-11)14-9-28-17-24-16(25-26(14)17)23-15(27)12-3-1-2-4-13(12)18(20,21)22/h1-9H,(H,23,25,27). The monoisotopic (exact) mass is 422 g/mol. The molecule has 0 atom stereocenters. The molecule has 2 aromatic carbocycles. The van der Waals surface area contributed by atoms with Gasteiger partial charge in [0, 0.05) is 16.0 Å². The molecular weight excluding hydrogens is 413 g/mol. The lowest BCUT2D eigenvalue weighted by molar-refractivity contribution is -0.137. The highest BCUT2D eigenvalue weighted by atomic mass is 35.5. The van der Waals surface area contributed by atoms with Crippen LogP contribution in [0, 0.1) is 0 Å². The van der Waals surface area contributed by atoms with Gasteiger partial charge in [0.05, 0.1) is 16.8 Å². The van der Waals surface area contributed by atoms with E-state index in [4.69, 9.17) is 11.6 Å². The topological polar surface area (TPSA) is 59.3 Å². The average molecular weight is 423 g/mol. The van der Waals surface area contributed by atoms with Crippen molar-refractivity contribution in [3.05, 3.63) is 70.1 Å². The van der Waals surface area contributed by atoms with Gasteiger partial charge in [-0.05, 0) is 24.3 Å². The first-order chi connectivity index (χ1) is 13.3. The van der Waals surface area contributed by atoms with Gasteiger partial charge in [0.25, 0.3) is 11.9 Å². The lowest BCUT2D eigenvalue weighted by atomic mass is 10.1. The molecule has 10 heteroatoms. The Morgan fingerprint density at radius 2 is 1.82 bits per heavy atom. The van der Waals surface area contributed by atoms with Gasteiger partial charge in [-0.25, -0.2) is 4.52 Å². The summed E-state index contributed by atoms with van der Waals surface area (Å²) in [5, 5.41) is 8.96. The molecule has 0 unspecified atom stereocenters. The van der Waals surface area contributed by atoms with Gasteiger partial charge in [-0.1, -0.05) is 35.9 Å². The van der Waals surface area contributed by atoms with Crippen LogP contribution in [0.4, 0.5) is 19.1 Å². The van der Waals surface area contributed by atoms with Crippen LogP contribution in [0.3, 0.4) is 0 Å². The summed E-state index contributed by atoms with van der Waals surface area (Å²) in [6.07, 6.45) is -4.64. The van der Waals surface area contributed by atoms with E-state index in [0.29, 0.717) is 9.98 Å². The Kier molecular flexibility index (Phi) is 4.56. The van der Waals surface area contributed by atoms with E-state index in [1.54, 1.807) is 12.1 Å². The zero-order valence-corrected chi connectivity index (χ0v) is 15.4. The number of alkyl halides is 3. The number of benzene rings is 2. The van der Waals surface area contributed by atoms with E-state index < -0.39 is 23.2 Å². The van der Waals surface area contributed by atoms with E-state index >= 15 is 0 Å². The largest absolute Gasteiger partial charge is 0.417 e. The molecule has 0 bridgehead atoms. The summed E-state index contributed by atoms with van der Waals surface area (Å²) >= 11 is 7.19. The zero-order valence-electron chi connectivity index (χ0n) is 13.9. The first-order valence-corrected chi connectivity index (χ1v) is 9.16. The Labute approximate surface area is 165 Å². The quantitative estimate of drug-likeness (QED) is 0.482. The molecule has 2 heterocycles. The number of carbonyl (C=O) groups excluding carboxylic acids is 1. The third-order valence-corrected chi connectivity index (χ3v) is 4.99. The molecule has 0 saturated heterocycles. The van der Waals surface area contributed by atoms with Crippen molar-refractivity contribution in [1.82, 2.24) is 14.6 Å². The lowest BCUT2D eigenvalue weighted by Gasteiger charge is -2.11. The van der Waals surface area contributed by atoms with E-state index in [-0.39, 0.29) is 5.95 Å². The average Bonchev–Trinajstić information content (AvgIpc) is 3.22. The van der Waals surface area contributed by atoms with E-state index in [2.05, 4.69) is 15.4 Å². The second-order valence-corrected chi connectivity index (χ2v) is 7.03. The molecule has 0 radical (unpaired) electrons. The van der Waals surface area contributed by atoms with Crippen molar-refractivity contribution in [2.45, 2.75) is 6.18 Å². The number of rotatable bonds is 3. The minimum Gasteiger partial charge on any atom is -0.289 e. The van der Waals surface area contributed by atoms with Crippen LogP contribution < -0.4 is 5.32 Å². The maximum absolute atomic E-state index is 13.1. The fraction of sp³-hybridized carbons (Fsp3) is 0.0556. The highest BCUT2D eigenvalue weighted by molar-refractivity contribution is 7.15. The zero-order chi connectivity index (χ0) is 19.9. The number of fused-ring (bicyclic) bond motifs is 1. The van der Waals surface area contributed by atoms with Crippen LogP contribution in [0.25, 0.3) is 16.2 Å². The van der Waals surface area contributed by atoms with Gasteiger partial charge in [0.15, 0.2) is 0 Å². The smallest absolute Gasteiger partial charge is 0.289 e. The molecule has 1 amide bonds. The molecule has 0 spiro atoms. The molecular formula is C18H10ClF3N4OS. The molecule has 4 aromatic rings. The molecule has 0 aliphatic rings. The number of aromatic nitrogens is 3. The molecule has 0 aliphatic heterocycles. The van der Waals surface area contributed by atoms with Crippen molar-refractivity contribution in [2.75, 3.05) is 5.32 Å². The van der Waals surface area contributed by atoms with E-state index in [1.807, 2.05) is 17.5 Å². The summed E-state index contributed by atoms with van der Waals surface area (Å²) in [7, 11) is 0. The van der Waals surface area contributed by atoms with Crippen LogP contribution in [0.15, 0.2) is 53.9 Å². The minimum absolute atomic E-state index is 0.0796. The molecule has 28 heavy (non-hydrogen) atoms. The Bertz CT molecular complexity index is 1170. The third-order valence-electron chi connectivity index (χ3n) is 3.92. The first kappa shape index (κ1) is 18.5. The summed E-state index contributed by atoms with van der Waals surface area (Å²) < 4.78 is 40.8. The summed E-state index contributed by atoms with van der Waals surface area (Å²) in [5.41, 5.74) is 0.0441. The Morgan fingerprint density at radius 3 is 2.54 bits per heavy atom. The summed E-state index contributed by atoms with van der Waals surface area (Å²) in [5.74, 6) is -1.01. The predicted octanol–water partition coefficient (Wildman–Crippen LogP) is 5.38. The molecule has 0 fully saturated rings. The van der Waals surface area contributed by atoms with Crippen LogP contribution in [0.1, 0.15) is 15.9 Å². The molecule has 4 rings (SSSR count). The second kappa shape index (κ2) is 6.92. The number of hydrogen-bond donors (Lipinski definition) is 1. The number of nitrogens with zero attached hydrogens (tertiary/aromatic N) is 3. The van der Waals surface area contributed by atoms with Crippen molar-refractivity contribution in [3.8, 4) is 11.3 Å². The summed E-state index contributed by atoms with van der Waals surface area (Å²) in [4.78, 5) is 17.0. The Balaban J connectivity index is 1.65. The van der Waals surface area contributed by atoms with Crippen LogP contribution in [-0.2, 0) is 6.18 Å². The number of carbonyl (C=O) groups is 1. The van der Waals surface area contributed by atoms with Crippen molar-refractivity contribution < 1.29 is 18.0 Å². The molecule has 2 aromatic heterocycles. The second-order valence-electron chi connectivity index (χ2n) is 5.76. The van der Waals surface area contributed by atoms with Crippen LogP contribution in [0.5, 0.6) is 0 Å². The van der Waals surface area contributed by atoms with Gasteiger partial charge in [0.2, 0.25) is 4.96 Å². The van der Waals surface area contributed by atoms with Crippen LogP contribution in [0.2, 0.25) is 5.02 Å². The normalized spacial score (nSPS) is 11.7. The molecule has 0 saturated carbocycles. The number of amides is 1. The lowest BCUT2D eigenvalue weighted by Crippen LogP contribution is -2.19. The predicted molar refractivity (Wildman–Crippen MR) is 101 cm³/mol. The van der Waals surface area contributed by atoms with Crippen molar-refractivity contribution in [3.63, 3.8) is 0 Å². The molecule has 142 valence electrons. The highest BCUT2D eigenvalue weighted by Crippen LogP contribution is 2.32. The summed E-state index contributed by atoms with van der Waals surface area (Å²) in [6, 6.07) is 11.6. The van der Waals surface area contributed by atoms with Gasteiger partial charge in [-0.15, -0.1) is 16.4 Å².